The highest BCUT2D eigenvalue weighted by molar-refractivity contribution is 5.48. The molecule has 0 saturated carbocycles. The molecule has 0 atom stereocenters. The van der Waals surface area contributed by atoms with Gasteiger partial charge >= 0.3 is 0 Å². The first kappa shape index (κ1) is 29.9. The number of anilines is 3. The van der Waals surface area contributed by atoms with E-state index in [1.807, 2.05) is 19.0 Å². The van der Waals surface area contributed by atoms with Crippen LogP contribution in [0.2, 0.25) is 0 Å². The van der Waals surface area contributed by atoms with Crippen LogP contribution in [0.5, 0.6) is 0 Å². The fourth-order valence-corrected chi connectivity index (χ4v) is 7.34. The lowest BCUT2D eigenvalue weighted by Crippen LogP contribution is -2.63. The first-order valence-corrected chi connectivity index (χ1v) is 14.3. The molecule has 1 aromatic heterocycles. The zero-order chi connectivity index (χ0) is 28.1. The van der Waals surface area contributed by atoms with Crippen molar-refractivity contribution >= 4 is 17.8 Å². The van der Waals surface area contributed by atoms with Crippen LogP contribution in [0.15, 0.2) is 0 Å². The first-order chi connectivity index (χ1) is 16.7. The fourth-order valence-electron chi connectivity index (χ4n) is 7.34. The monoisotopic (exact) mass is 516 g/mol. The number of aromatic nitrogens is 3. The molecule has 0 radical (unpaired) electrons. The van der Waals surface area contributed by atoms with Crippen molar-refractivity contribution in [3.05, 3.63) is 0 Å². The van der Waals surface area contributed by atoms with Gasteiger partial charge in [0.15, 0.2) is 0 Å². The Balaban J connectivity index is 2.11. The van der Waals surface area contributed by atoms with Gasteiger partial charge in [-0.3, -0.25) is 0 Å². The highest BCUT2D eigenvalue weighted by Crippen LogP contribution is 2.37. The number of nitrogens with one attached hydrogen (secondary N) is 2. The summed E-state index contributed by atoms with van der Waals surface area (Å²) in [5.74, 6) is 2.30. The van der Waals surface area contributed by atoms with Gasteiger partial charge < -0.3 is 25.3 Å². The van der Waals surface area contributed by atoms with Gasteiger partial charge in [0.1, 0.15) is 0 Å². The predicted molar refractivity (Wildman–Crippen MR) is 158 cm³/mol. The van der Waals surface area contributed by atoms with Crippen LogP contribution in [0.1, 0.15) is 109 Å². The minimum absolute atomic E-state index is 0.0377. The van der Waals surface area contributed by atoms with E-state index < -0.39 is 0 Å². The lowest BCUT2D eigenvalue weighted by Gasteiger charge is -2.51. The van der Waals surface area contributed by atoms with Crippen LogP contribution >= 0.6 is 0 Å². The van der Waals surface area contributed by atoms with Gasteiger partial charge in [-0.2, -0.15) is 15.0 Å². The molecular weight excluding hydrogens is 460 g/mol. The Morgan fingerprint density at radius 2 is 0.838 bits per heavy atom. The van der Waals surface area contributed by atoms with Crippen LogP contribution in [0.25, 0.3) is 0 Å². The van der Waals surface area contributed by atoms with Crippen LogP contribution in [-0.4, -0.2) is 75.4 Å². The highest BCUT2D eigenvalue weighted by atomic mass is 15.4. The Morgan fingerprint density at radius 3 is 1.08 bits per heavy atom. The summed E-state index contributed by atoms with van der Waals surface area (Å²) in [5, 5.41) is 7.67. The Kier molecular flexibility index (Phi) is 8.19. The topological polar surface area (TPSA) is 72.5 Å². The molecule has 2 saturated heterocycles. The van der Waals surface area contributed by atoms with Crippen molar-refractivity contribution in [1.29, 1.82) is 0 Å². The molecule has 2 N–H and O–H groups in total. The van der Waals surface area contributed by atoms with Crippen molar-refractivity contribution in [3.8, 4) is 0 Å². The van der Waals surface area contributed by atoms with E-state index in [4.69, 9.17) is 15.0 Å². The lowest BCUT2D eigenvalue weighted by atomic mass is 9.78. The van der Waals surface area contributed by atoms with E-state index in [1.165, 1.54) is 0 Å². The third-order valence-corrected chi connectivity index (χ3v) is 7.70. The molecule has 212 valence electrons. The minimum atomic E-state index is 0.0377. The summed E-state index contributed by atoms with van der Waals surface area (Å²) >= 11 is 0. The Labute approximate surface area is 227 Å². The van der Waals surface area contributed by atoms with Crippen LogP contribution in [-0.2, 0) is 0 Å². The van der Waals surface area contributed by atoms with Crippen molar-refractivity contribution in [1.82, 2.24) is 25.6 Å². The van der Waals surface area contributed by atoms with Crippen molar-refractivity contribution in [2.24, 2.45) is 0 Å². The fraction of sp³-hybridized carbons (Fsp3) is 0.897. The number of rotatable bonds is 7. The summed E-state index contributed by atoms with van der Waals surface area (Å²) in [6, 6.07) is 1.20. The van der Waals surface area contributed by atoms with Crippen LogP contribution in [0.4, 0.5) is 17.8 Å². The predicted octanol–water partition coefficient (Wildman–Crippen LogP) is 4.99. The van der Waals surface area contributed by atoms with Gasteiger partial charge in [0, 0.05) is 60.4 Å². The van der Waals surface area contributed by atoms with E-state index in [9.17, 15) is 0 Å². The summed E-state index contributed by atoms with van der Waals surface area (Å²) in [7, 11) is 4.05. The highest BCUT2D eigenvalue weighted by Gasteiger charge is 2.43. The third kappa shape index (κ3) is 7.25. The molecule has 8 nitrogen and oxygen atoms in total. The molecule has 0 amide bonds. The normalized spacial score (nSPS) is 23.4. The molecule has 2 fully saturated rings. The Bertz CT molecular complexity index is 834. The van der Waals surface area contributed by atoms with E-state index in [-0.39, 0.29) is 34.2 Å². The summed E-state index contributed by atoms with van der Waals surface area (Å²) in [6.07, 6.45) is 4.16. The summed E-state index contributed by atoms with van der Waals surface area (Å²) < 4.78 is 0. The standard InChI is InChI=1S/C29H56N8/c1-19(2)36(21-15-26(5,6)33-27(7,8)16-21)24-30-23(35(13)14)31-25(32-24)37(20(3)4)22-17-28(9,10)34-29(11,12)18-22/h19-22,33-34H,15-18H2,1-14H3. The maximum Gasteiger partial charge on any atom is 0.232 e. The number of nitrogens with zero attached hydrogens (tertiary/aromatic N) is 6. The second-order valence-corrected chi connectivity index (χ2v) is 15.0. The van der Waals surface area contributed by atoms with Gasteiger partial charge in [0.25, 0.3) is 0 Å². The zero-order valence-electron chi connectivity index (χ0n) is 26.3. The lowest BCUT2D eigenvalue weighted by molar-refractivity contribution is 0.154. The molecule has 3 rings (SSSR count). The van der Waals surface area contributed by atoms with Gasteiger partial charge in [0.2, 0.25) is 17.8 Å². The smallest absolute Gasteiger partial charge is 0.232 e. The van der Waals surface area contributed by atoms with E-state index in [0.29, 0.717) is 12.1 Å². The Hall–Kier alpha value is -1.67. The maximum atomic E-state index is 5.26. The molecular formula is C29H56N8. The molecule has 8 heteroatoms. The van der Waals surface area contributed by atoms with Gasteiger partial charge in [-0.25, -0.2) is 0 Å². The molecule has 37 heavy (non-hydrogen) atoms. The van der Waals surface area contributed by atoms with E-state index in [2.05, 4.69) is 104 Å². The number of hydrogen-bond acceptors (Lipinski definition) is 8. The molecule has 3 heterocycles. The van der Waals surface area contributed by atoms with Crippen LogP contribution in [0.3, 0.4) is 0 Å². The number of piperidine rings is 2. The average Bonchev–Trinajstić information content (AvgIpc) is 2.62. The molecule has 2 aliphatic heterocycles. The summed E-state index contributed by atoms with van der Waals surface area (Å²) in [4.78, 5) is 22.3. The van der Waals surface area contributed by atoms with Crippen molar-refractivity contribution in [2.45, 2.75) is 155 Å². The van der Waals surface area contributed by atoms with Gasteiger partial charge in [0.05, 0.1) is 0 Å². The SMILES string of the molecule is CC(C)N(c1nc(N(C)C)nc(N(C(C)C)C2CC(C)(C)NC(C)(C)C2)n1)C1CC(C)(C)NC(C)(C)C1. The third-order valence-electron chi connectivity index (χ3n) is 7.70. The van der Waals surface area contributed by atoms with Crippen molar-refractivity contribution in [3.63, 3.8) is 0 Å². The molecule has 2 aliphatic rings. The second kappa shape index (κ2) is 10.1. The minimum Gasteiger partial charge on any atom is -0.347 e. The molecule has 1 aromatic rings. The molecule has 0 aliphatic carbocycles. The van der Waals surface area contributed by atoms with Crippen LogP contribution < -0.4 is 25.3 Å². The Morgan fingerprint density at radius 1 is 0.568 bits per heavy atom. The van der Waals surface area contributed by atoms with Gasteiger partial charge in [-0.15, -0.1) is 0 Å². The van der Waals surface area contributed by atoms with Crippen molar-refractivity contribution in [2.75, 3.05) is 28.8 Å². The first-order valence-electron chi connectivity index (χ1n) is 14.3. The molecule has 0 aromatic carbocycles. The van der Waals surface area contributed by atoms with E-state index in [1.54, 1.807) is 0 Å². The second-order valence-electron chi connectivity index (χ2n) is 15.0. The quantitative estimate of drug-likeness (QED) is 0.525. The van der Waals surface area contributed by atoms with Crippen molar-refractivity contribution < 1.29 is 0 Å². The number of hydrogen-bond donors (Lipinski definition) is 2. The summed E-state index contributed by atoms with van der Waals surface area (Å²) in [5.41, 5.74) is 0.151. The zero-order valence-corrected chi connectivity index (χ0v) is 26.3. The van der Waals surface area contributed by atoms with E-state index >= 15 is 0 Å². The van der Waals surface area contributed by atoms with Gasteiger partial charge in [-0.05, 0) is 109 Å². The van der Waals surface area contributed by atoms with Crippen LogP contribution in [0, 0.1) is 0 Å². The molecule has 0 spiro atoms. The largest absolute Gasteiger partial charge is 0.347 e. The molecule has 0 bridgehead atoms. The average molecular weight is 517 g/mol. The van der Waals surface area contributed by atoms with E-state index in [0.717, 1.165) is 43.5 Å². The summed E-state index contributed by atoms with van der Waals surface area (Å²) in [6.45, 7) is 27.5. The molecule has 0 unspecified atom stereocenters. The van der Waals surface area contributed by atoms with Gasteiger partial charge in [-0.1, -0.05) is 0 Å². The maximum absolute atomic E-state index is 5.26.